The minimum absolute atomic E-state index is 0.0141. The summed E-state index contributed by atoms with van der Waals surface area (Å²) in [5.74, 6) is 0.290. The Morgan fingerprint density at radius 3 is 2.62 bits per heavy atom. The zero-order valence-electron chi connectivity index (χ0n) is 10.8. The van der Waals surface area contributed by atoms with E-state index in [2.05, 4.69) is 9.97 Å². The van der Waals surface area contributed by atoms with E-state index in [1.807, 2.05) is 0 Å². The summed E-state index contributed by atoms with van der Waals surface area (Å²) in [6, 6.07) is 10.5. The van der Waals surface area contributed by atoms with E-state index in [9.17, 15) is 14.5 Å². The Labute approximate surface area is 118 Å². The van der Waals surface area contributed by atoms with Gasteiger partial charge in [-0.25, -0.2) is 9.37 Å². The van der Waals surface area contributed by atoms with Crippen LogP contribution in [0.3, 0.4) is 0 Å². The van der Waals surface area contributed by atoms with Gasteiger partial charge in [-0.3, -0.25) is 10.1 Å². The molecule has 104 valence electrons. The van der Waals surface area contributed by atoms with E-state index < -0.39 is 4.92 Å². The molecule has 6 heteroatoms. The second-order valence-corrected chi connectivity index (χ2v) is 4.47. The molecule has 0 aliphatic rings. The predicted octanol–water partition coefficient (Wildman–Crippen LogP) is 3.78. The normalized spacial score (nSPS) is 11.3. The largest absolute Gasteiger partial charge is 0.338 e. The highest BCUT2D eigenvalue weighted by Gasteiger charge is 2.08. The Morgan fingerprint density at radius 1 is 1.14 bits per heavy atom. The van der Waals surface area contributed by atoms with Crippen molar-refractivity contribution in [1.29, 1.82) is 0 Å². The lowest BCUT2D eigenvalue weighted by molar-refractivity contribution is -0.384. The Kier molecular flexibility index (Phi) is 3.19. The number of benzene rings is 2. The first-order valence-corrected chi connectivity index (χ1v) is 6.20. The molecule has 3 aromatic rings. The molecule has 0 saturated heterocycles. The first-order valence-electron chi connectivity index (χ1n) is 6.20. The van der Waals surface area contributed by atoms with Crippen LogP contribution in [0.25, 0.3) is 23.2 Å². The van der Waals surface area contributed by atoms with Crippen LogP contribution in [0.4, 0.5) is 10.1 Å². The third-order valence-corrected chi connectivity index (χ3v) is 3.00. The second kappa shape index (κ2) is 5.16. The van der Waals surface area contributed by atoms with Crippen molar-refractivity contribution in [3.63, 3.8) is 0 Å². The highest BCUT2D eigenvalue weighted by molar-refractivity contribution is 5.80. The number of H-pyrrole nitrogens is 1. The van der Waals surface area contributed by atoms with E-state index in [0.717, 1.165) is 5.56 Å². The summed E-state index contributed by atoms with van der Waals surface area (Å²) < 4.78 is 12.8. The average molecular weight is 283 g/mol. The maximum atomic E-state index is 12.8. The lowest BCUT2D eigenvalue weighted by atomic mass is 10.2. The molecule has 21 heavy (non-hydrogen) atoms. The van der Waals surface area contributed by atoms with Gasteiger partial charge in [-0.15, -0.1) is 0 Å². The van der Waals surface area contributed by atoms with Gasteiger partial charge in [0.1, 0.15) is 11.6 Å². The van der Waals surface area contributed by atoms with Crippen LogP contribution >= 0.6 is 0 Å². The summed E-state index contributed by atoms with van der Waals surface area (Å²) in [6.45, 7) is 0. The van der Waals surface area contributed by atoms with E-state index in [-0.39, 0.29) is 11.5 Å². The van der Waals surface area contributed by atoms with E-state index in [0.29, 0.717) is 16.9 Å². The van der Waals surface area contributed by atoms with Crippen molar-refractivity contribution in [3.05, 3.63) is 69.8 Å². The first-order chi connectivity index (χ1) is 10.1. The number of nitrogens with one attached hydrogen (secondary N) is 1. The van der Waals surface area contributed by atoms with Gasteiger partial charge in [0, 0.05) is 12.1 Å². The molecule has 0 aliphatic carbocycles. The Bertz CT molecular complexity index is 838. The van der Waals surface area contributed by atoms with Crippen LogP contribution in [0.1, 0.15) is 11.4 Å². The van der Waals surface area contributed by atoms with Crippen LogP contribution in [-0.2, 0) is 0 Å². The number of nitro groups is 1. The number of aromatic nitrogens is 2. The number of fused-ring (bicyclic) bond motifs is 1. The third kappa shape index (κ3) is 2.79. The molecule has 0 saturated carbocycles. The zero-order valence-corrected chi connectivity index (χ0v) is 10.8. The van der Waals surface area contributed by atoms with Gasteiger partial charge in [-0.05, 0) is 29.8 Å². The summed E-state index contributed by atoms with van der Waals surface area (Å²) in [4.78, 5) is 17.6. The lowest BCUT2D eigenvalue weighted by Crippen LogP contribution is -1.86. The molecule has 0 amide bonds. The molecule has 0 atom stereocenters. The third-order valence-electron chi connectivity index (χ3n) is 3.00. The maximum Gasteiger partial charge on any atom is 0.271 e. The molecular formula is C15H10FN3O2. The van der Waals surface area contributed by atoms with Crippen LogP contribution in [0, 0.1) is 15.9 Å². The number of hydrogen-bond acceptors (Lipinski definition) is 3. The summed E-state index contributed by atoms with van der Waals surface area (Å²) >= 11 is 0. The Balaban J connectivity index is 1.90. The summed E-state index contributed by atoms with van der Waals surface area (Å²) in [6.07, 6.45) is 3.52. The molecular weight excluding hydrogens is 273 g/mol. The fraction of sp³-hybridized carbons (Fsp3) is 0. The highest BCUT2D eigenvalue weighted by atomic mass is 19.1. The number of non-ortho nitro benzene ring substituents is 1. The van der Waals surface area contributed by atoms with Gasteiger partial charge in [0.05, 0.1) is 16.0 Å². The topological polar surface area (TPSA) is 71.8 Å². The van der Waals surface area contributed by atoms with E-state index in [1.165, 1.54) is 24.3 Å². The molecule has 0 fully saturated rings. The van der Waals surface area contributed by atoms with E-state index >= 15 is 0 Å². The minimum atomic E-state index is -0.450. The summed E-state index contributed by atoms with van der Waals surface area (Å²) in [5, 5.41) is 10.7. The molecule has 1 aromatic heterocycles. The van der Waals surface area contributed by atoms with Gasteiger partial charge in [0.15, 0.2) is 0 Å². The van der Waals surface area contributed by atoms with Crippen molar-refractivity contribution in [2.75, 3.05) is 0 Å². The molecule has 1 heterocycles. The highest BCUT2D eigenvalue weighted by Crippen LogP contribution is 2.19. The number of nitrogens with zero attached hydrogens (tertiary/aromatic N) is 2. The van der Waals surface area contributed by atoms with E-state index in [1.54, 1.807) is 30.4 Å². The van der Waals surface area contributed by atoms with E-state index in [4.69, 9.17) is 0 Å². The predicted molar refractivity (Wildman–Crippen MR) is 78.1 cm³/mol. The van der Waals surface area contributed by atoms with Crippen LogP contribution in [0.2, 0.25) is 0 Å². The van der Waals surface area contributed by atoms with Crippen molar-refractivity contribution >= 4 is 28.9 Å². The average Bonchev–Trinajstić information content (AvgIpc) is 2.88. The van der Waals surface area contributed by atoms with Gasteiger partial charge >= 0.3 is 0 Å². The van der Waals surface area contributed by atoms with Crippen molar-refractivity contribution in [2.45, 2.75) is 0 Å². The number of rotatable bonds is 3. The standard InChI is InChI=1S/C15H10FN3O2/c16-11-4-1-10(2-5-11)3-8-15-17-13-7-6-12(19(20)21)9-14(13)18-15/h1-9H,(H,17,18)/b8-3+. The molecule has 0 radical (unpaired) electrons. The smallest absolute Gasteiger partial charge is 0.271 e. The van der Waals surface area contributed by atoms with Crippen molar-refractivity contribution < 1.29 is 9.31 Å². The van der Waals surface area contributed by atoms with Gasteiger partial charge in [-0.2, -0.15) is 0 Å². The Morgan fingerprint density at radius 2 is 1.90 bits per heavy atom. The van der Waals surface area contributed by atoms with Crippen LogP contribution in [-0.4, -0.2) is 14.9 Å². The Hall–Kier alpha value is -3.02. The first kappa shape index (κ1) is 13.0. The lowest BCUT2D eigenvalue weighted by Gasteiger charge is -1.91. The van der Waals surface area contributed by atoms with Gasteiger partial charge in [0.2, 0.25) is 0 Å². The number of aromatic amines is 1. The number of nitro benzene ring substituents is 1. The summed E-state index contributed by atoms with van der Waals surface area (Å²) in [5.41, 5.74) is 2.10. The number of imidazole rings is 1. The monoisotopic (exact) mass is 283 g/mol. The second-order valence-electron chi connectivity index (χ2n) is 4.47. The van der Waals surface area contributed by atoms with Crippen molar-refractivity contribution in [2.24, 2.45) is 0 Å². The van der Waals surface area contributed by atoms with Crippen molar-refractivity contribution in [1.82, 2.24) is 9.97 Å². The fourth-order valence-electron chi connectivity index (χ4n) is 1.96. The minimum Gasteiger partial charge on any atom is -0.338 e. The summed E-state index contributed by atoms with van der Waals surface area (Å²) in [7, 11) is 0. The molecule has 3 rings (SSSR count). The molecule has 5 nitrogen and oxygen atoms in total. The van der Waals surface area contributed by atoms with Gasteiger partial charge in [0.25, 0.3) is 5.69 Å². The number of halogens is 1. The maximum absolute atomic E-state index is 12.8. The SMILES string of the molecule is O=[N+]([O-])c1ccc2nc(/C=C/c3ccc(F)cc3)[nH]c2c1. The van der Waals surface area contributed by atoms with Crippen molar-refractivity contribution in [3.8, 4) is 0 Å². The van der Waals surface area contributed by atoms with Crippen LogP contribution in [0.5, 0.6) is 0 Å². The zero-order chi connectivity index (χ0) is 14.8. The molecule has 1 N–H and O–H groups in total. The quantitative estimate of drug-likeness (QED) is 0.587. The van der Waals surface area contributed by atoms with Gasteiger partial charge < -0.3 is 4.98 Å². The molecule has 0 spiro atoms. The molecule has 0 unspecified atom stereocenters. The van der Waals surface area contributed by atoms with Crippen LogP contribution < -0.4 is 0 Å². The number of hydrogen-bond donors (Lipinski definition) is 1. The molecule has 0 aliphatic heterocycles. The molecule has 2 aromatic carbocycles. The molecule has 0 bridgehead atoms. The fourth-order valence-corrected chi connectivity index (χ4v) is 1.96. The van der Waals surface area contributed by atoms with Gasteiger partial charge in [-0.1, -0.05) is 18.2 Å². The van der Waals surface area contributed by atoms with Crippen LogP contribution in [0.15, 0.2) is 42.5 Å².